The molecule has 26 heavy (non-hydrogen) atoms. The summed E-state index contributed by atoms with van der Waals surface area (Å²) >= 11 is 0. The van der Waals surface area contributed by atoms with E-state index in [4.69, 9.17) is 4.98 Å². The quantitative estimate of drug-likeness (QED) is 0.481. The van der Waals surface area contributed by atoms with Crippen LogP contribution in [-0.4, -0.2) is 15.0 Å². The van der Waals surface area contributed by atoms with Gasteiger partial charge in [-0.3, -0.25) is 9.97 Å². The molecule has 0 bridgehead atoms. The van der Waals surface area contributed by atoms with Gasteiger partial charge in [-0.1, -0.05) is 30.8 Å². The van der Waals surface area contributed by atoms with Crippen LogP contribution in [0.1, 0.15) is 18.1 Å². The smallest absolute Gasteiger partial charge is 0.0746 e. The number of hydrogen-bond acceptors (Lipinski definition) is 3. The molecule has 0 fully saturated rings. The van der Waals surface area contributed by atoms with Crippen LogP contribution in [-0.2, 0) is 0 Å². The van der Waals surface area contributed by atoms with Gasteiger partial charge in [-0.2, -0.15) is 0 Å². The summed E-state index contributed by atoms with van der Waals surface area (Å²) in [5.74, 6) is 0. The van der Waals surface area contributed by atoms with Crippen LogP contribution >= 0.6 is 0 Å². The Kier molecular flexibility index (Phi) is 4.05. The Morgan fingerprint density at radius 1 is 0.808 bits per heavy atom. The second-order valence-electron chi connectivity index (χ2n) is 6.45. The maximum atomic E-state index is 4.90. The van der Waals surface area contributed by atoms with E-state index in [1.54, 1.807) is 6.20 Å². The van der Waals surface area contributed by atoms with Gasteiger partial charge >= 0.3 is 0 Å². The first-order chi connectivity index (χ1) is 12.6. The van der Waals surface area contributed by atoms with Crippen LogP contribution < -0.4 is 0 Å². The molecule has 0 amide bonds. The molecular weight excluding hydrogens is 318 g/mol. The minimum atomic E-state index is 0.941. The Bertz CT molecular complexity index is 1100. The highest BCUT2D eigenvalue weighted by molar-refractivity contribution is 5.94. The molecular formula is C23H19N3. The zero-order valence-corrected chi connectivity index (χ0v) is 14.9. The van der Waals surface area contributed by atoms with Gasteiger partial charge in [-0.05, 0) is 59.9 Å². The number of benzene rings is 1. The minimum absolute atomic E-state index is 0.941. The van der Waals surface area contributed by atoms with E-state index in [0.717, 1.165) is 44.4 Å². The Morgan fingerprint density at radius 2 is 1.42 bits per heavy atom. The van der Waals surface area contributed by atoms with E-state index >= 15 is 0 Å². The van der Waals surface area contributed by atoms with Crippen LogP contribution in [0.25, 0.3) is 38.9 Å². The largest absolute Gasteiger partial charge is 0.265 e. The van der Waals surface area contributed by atoms with Crippen molar-refractivity contribution in [3.63, 3.8) is 0 Å². The van der Waals surface area contributed by atoms with Gasteiger partial charge in [0.2, 0.25) is 0 Å². The van der Waals surface area contributed by atoms with Crippen molar-refractivity contribution in [2.24, 2.45) is 0 Å². The first-order valence-corrected chi connectivity index (χ1v) is 8.56. The predicted molar refractivity (Wildman–Crippen MR) is 108 cm³/mol. The lowest BCUT2D eigenvalue weighted by atomic mass is 9.94. The SMILES string of the molecule is C=C(C)c1c(C)c(-c2ccc(-c3ccncc3)cc2)nc2ccncc12. The summed E-state index contributed by atoms with van der Waals surface area (Å²) in [6, 6.07) is 14.5. The number of rotatable bonds is 3. The van der Waals surface area contributed by atoms with Crippen LogP contribution in [0, 0.1) is 6.92 Å². The third-order valence-electron chi connectivity index (χ3n) is 4.63. The van der Waals surface area contributed by atoms with Gasteiger partial charge in [-0.15, -0.1) is 0 Å². The van der Waals surface area contributed by atoms with Crippen molar-refractivity contribution in [1.29, 1.82) is 0 Å². The fourth-order valence-electron chi connectivity index (χ4n) is 3.40. The third kappa shape index (κ3) is 2.78. The van der Waals surface area contributed by atoms with E-state index < -0.39 is 0 Å². The van der Waals surface area contributed by atoms with E-state index in [1.807, 2.05) is 43.7 Å². The van der Waals surface area contributed by atoms with Crippen molar-refractivity contribution in [2.45, 2.75) is 13.8 Å². The van der Waals surface area contributed by atoms with Gasteiger partial charge in [0.15, 0.2) is 0 Å². The molecule has 4 rings (SSSR count). The molecule has 4 aromatic rings. The van der Waals surface area contributed by atoms with Crippen LogP contribution in [0.4, 0.5) is 0 Å². The summed E-state index contributed by atoms with van der Waals surface area (Å²) in [5, 5.41) is 1.05. The molecule has 0 spiro atoms. The lowest BCUT2D eigenvalue weighted by Gasteiger charge is -2.14. The molecule has 3 nitrogen and oxygen atoms in total. The van der Waals surface area contributed by atoms with E-state index in [0.29, 0.717) is 0 Å². The average molecular weight is 337 g/mol. The van der Waals surface area contributed by atoms with Crippen molar-refractivity contribution in [1.82, 2.24) is 15.0 Å². The Hall–Kier alpha value is -3.33. The highest BCUT2D eigenvalue weighted by Gasteiger charge is 2.14. The number of allylic oxidation sites excluding steroid dienone is 1. The van der Waals surface area contributed by atoms with Gasteiger partial charge in [-0.25, -0.2) is 4.98 Å². The molecule has 3 heteroatoms. The zero-order chi connectivity index (χ0) is 18.1. The summed E-state index contributed by atoms with van der Waals surface area (Å²) in [6.45, 7) is 8.30. The summed E-state index contributed by atoms with van der Waals surface area (Å²) in [4.78, 5) is 13.2. The highest BCUT2D eigenvalue weighted by Crippen LogP contribution is 2.33. The average Bonchev–Trinajstić information content (AvgIpc) is 2.68. The van der Waals surface area contributed by atoms with Gasteiger partial charge in [0.1, 0.15) is 0 Å². The van der Waals surface area contributed by atoms with Crippen molar-refractivity contribution >= 4 is 16.5 Å². The molecule has 0 aliphatic rings. The topological polar surface area (TPSA) is 38.7 Å². The van der Waals surface area contributed by atoms with Gasteiger partial charge in [0, 0.05) is 35.7 Å². The monoisotopic (exact) mass is 337 g/mol. The van der Waals surface area contributed by atoms with Crippen LogP contribution in [0.5, 0.6) is 0 Å². The Labute approximate surface area is 153 Å². The maximum absolute atomic E-state index is 4.90. The minimum Gasteiger partial charge on any atom is -0.265 e. The Balaban J connectivity index is 1.87. The summed E-state index contributed by atoms with van der Waals surface area (Å²) in [6.07, 6.45) is 7.27. The number of aromatic nitrogens is 3. The molecule has 0 N–H and O–H groups in total. The second-order valence-corrected chi connectivity index (χ2v) is 6.45. The van der Waals surface area contributed by atoms with Crippen molar-refractivity contribution in [3.8, 4) is 22.4 Å². The maximum Gasteiger partial charge on any atom is 0.0746 e. The van der Waals surface area contributed by atoms with E-state index in [9.17, 15) is 0 Å². The number of fused-ring (bicyclic) bond motifs is 1. The normalized spacial score (nSPS) is 10.8. The molecule has 126 valence electrons. The molecule has 0 unspecified atom stereocenters. The van der Waals surface area contributed by atoms with Gasteiger partial charge in [0.05, 0.1) is 11.2 Å². The molecule has 3 heterocycles. The molecule has 0 saturated heterocycles. The van der Waals surface area contributed by atoms with Crippen molar-refractivity contribution < 1.29 is 0 Å². The standard InChI is InChI=1S/C23H19N3/c1-15(2)22-16(3)23(26-21-10-13-25-14-20(21)22)19-6-4-17(5-7-19)18-8-11-24-12-9-18/h4-14H,1H2,2-3H3. The van der Waals surface area contributed by atoms with Gasteiger partial charge in [0.25, 0.3) is 0 Å². The zero-order valence-electron chi connectivity index (χ0n) is 14.9. The molecule has 1 aromatic carbocycles. The lowest BCUT2D eigenvalue weighted by Crippen LogP contribution is -1.97. The first-order valence-electron chi connectivity index (χ1n) is 8.56. The first kappa shape index (κ1) is 16.2. The fourth-order valence-corrected chi connectivity index (χ4v) is 3.40. The van der Waals surface area contributed by atoms with Crippen LogP contribution in [0.2, 0.25) is 0 Å². The fraction of sp³-hybridized carbons (Fsp3) is 0.0870. The molecule has 0 saturated carbocycles. The molecule has 0 aliphatic carbocycles. The third-order valence-corrected chi connectivity index (χ3v) is 4.63. The molecule has 0 aliphatic heterocycles. The molecule has 0 atom stereocenters. The second kappa shape index (κ2) is 6.52. The number of pyridine rings is 3. The van der Waals surface area contributed by atoms with Crippen LogP contribution in [0.15, 0.2) is 73.8 Å². The number of nitrogens with zero attached hydrogens (tertiary/aromatic N) is 3. The summed E-state index contributed by atoms with van der Waals surface area (Å²) < 4.78 is 0. The van der Waals surface area contributed by atoms with E-state index in [1.165, 1.54) is 5.56 Å². The van der Waals surface area contributed by atoms with Gasteiger partial charge < -0.3 is 0 Å². The summed E-state index contributed by atoms with van der Waals surface area (Å²) in [5.41, 5.74) is 8.65. The highest BCUT2D eigenvalue weighted by atomic mass is 14.7. The van der Waals surface area contributed by atoms with E-state index in [2.05, 4.69) is 47.7 Å². The number of hydrogen-bond donors (Lipinski definition) is 0. The molecule has 3 aromatic heterocycles. The Morgan fingerprint density at radius 3 is 2.12 bits per heavy atom. The predicted octanol–water partition coefficient (Wildman–Crippen LogP) is 5.70. The molecule has 0 radical (unpaired) electrons. The lowest BCUT2D eigenvalue weighted by molar-refractivity contribution is 1.28. The van der Waals surface area contributed by atoms with Crippen molar-refractivity contribution in [3.05, 3.63) is 85.0 Å². The van der Waals surface area contributed by atoms with Crippen LogP contribution in [0.3, 0.4) is 0 Å². The van der Waals surface area contributed by atoms with Crippen molar-refractivity contribution in [2.75, 3.05) is 0 Å². The van der Waals surface area contributed by atoms with E-state index in [-0.39, 0.29) is 0 Å². The summed E-state index contributed by atoms with van der Waals surface area (Å²) in [7, 11) is 0.